The summed E-state index contributed by atoms with van der Waals surface area (Å²) in [7, 11) is 0. The van der Waals surface area contributed by atoms with Gasteiger partial charge in [0.2, 0.25) is 5.91 Å². The number of thioether (sulfide) groups is 1. The van der Waals surface area contributed by atoms with Gasteiger partial charge in [-0.15, -0.1) is 11.8 Å². The lowest BCUT2D eigenvalue weighted by Crippen LogP contribution is -2.38. The van der Waals surface area contributed by atoms with Gasteiger partial charge in [0.1, 0.15) is 11.6 Å². The quantitative estimate of drug-likeness (QED) is 0.417. The molecule has 2 nitrogen and oxygen atoms in total. The first-order chi connectivity index (χ1) is 12.5. The van der Waals surface area contributed by atoms with Crippen LogP contribution in [-0.4, -0.2) is 11.7 Å². The molecule has 146 valence electrons. The van der Waals surface area contributed by atoms with Crippen molar-refractivity contribution in [3.8, 4) is 0 Å². The van der Waals surface area contributed by atoms with Crippen molar-refractivity contribution in [2.75, 3.05) is 5.75 Å². The number of rotatable bonds is 6. The second-order valence-electron chi connectivity index (χ2n) is 6.35. The summed E-state index contributed by atoms with van der Waals surface area (Å²) in [5.74, 6) is -8.76. The van der Waals surface area contributed by atoms with Gasteiger partial charge < -0.3 is 5.32 Å². The molecule has 0 fully saturated rings. The van der Waals surface area contributed by atoms with Crippen LogP contribution in [0.2, 0.25) is 0 Å². The molecule has 2 aromatic carbocycles. The molecule has 9 heteroatoms. The fourth-order valence-corrected chi connectivity index (χ4v) is 3.19. The highest BCUT2D eigenvalue weighted by molar-refractivity contribution is 7.99. The molecule has 0 heterocycles. The Morgan fingerprint density at radius 3 is 2.00 bits per heavy atom. The van der Waals surface area contributed by atoms with Gasteiger partial charge in [-0.05, 0) is 12.1 Å². The van der Waals surface area contributed by atoms with Crippen LogP contribution in [-0.2, 0) is 11.3 Å². The molecule has 0 aliphatic rings. The average Bonchev–Trinajstić information content (AvgIpc) is 2.59. The molecule has 0 saturated heterocycles. The molecule has 0 unspecified atom stereocenters. The van der Waals surface area contributed by atoms with Crippen LogP contribution in [0.3, 0.4) is 0 Å². The third kappa shape index (κ3) is 4.77. The standard InChI is InChI=1S/C18H15F6NOS/c1-18(2,8-27-16-14(23)12(21)6-13(22)15(16)24)17(26)25-7-9-10(19)4-3-5-11(9)20/h3-6H,7-8H2,1-2H3,(H,25,26). The van der Waals surface area contributed by atoms with Crippen LogP contribution >= 0.6 is 11.8 Å². The Balaban J connectivity index is 2.07. The second kappa shape index (κ2) is 8.24. The minimum atomic E-state index is -1.55. The van der Waals surface area contributed by atoms with Crippen LogP contribution in [0.1, 0.15) is 19.4 Å². The molecule has 27 heavy (non-hydrogen) atoms. The highest BCUT2D eigenvalue weighted by Crippen LogP contribution is 2.33. The lowest BCUT2D eigenvalue weighted by atomic mass is 9.95. The number of nitrogens with one attached hydrogen (secondary N) is 1. The molecule has 0 aliphatic heterocycles. The maximum absolute atomic E-state index is 13.7. The number of halogens is 6. The van der Waals surface area contributed by atoms with E-state index in [4.69, 9.17) is 0 Å². The number of amides is 1. The maximum atomic E-state index is 13.7. The Hall–Kier alpha value is -2.16. The predicted molar refractivity (Wildman–Crippen MR) is 89.0 cm³/mol. The molecule has 0 radical (unpaired) electrons. The van der Waals surface area contributed by atoms with Gasteiger partial charge in [0.15, 0.2) is 23.3 Å². The van der Waals surface area contributed by atoms with Gasteiger partial charge in [0.25, 0.3) is 0 Å². The summed E-state index contributed by atoms with van der Waals surface area (Å²) in [6.07, 6.45) is 0. The lowest BCUT2D eigenvalue weighted by Gasteiger charge is -2.23. The van der Waals surface area contributed by atoms with E-state index in [-0.39, 0.29) is 17.4 Å². The van der Waals surface area contributed by atoms with Crippen LogP contribution < -0.4 is 5.32 Å². The van der Waals surface area contributed by atoms with Gasteiger partial charge in [-0.25, -0.2) is 26.3 Å². The molecule has 0 atom stereocenters. The smallest absolute Gasteiger partial charge is 0.226 e. The SMILES string of the molecule is CC(C)(CSc1c(F)c(F)cc(F)c1F)C(=O)NCc1c(F)cccc1F. The summed E-state index contributed by atoms with van der Waals surface area (Å²) in [4.78, 5) is 11.4. The normalized spacial score (nSPS) is 11.6. The summed E-state index contributed by atoms with van der Waals surface area (Å²) >= 11 is 0.426. The van der Waals surface area contributed by atoms with E-state index in [2.05, 4.69) is 5.32 Å². The second-order valence-corrected chi connectivity index (χ2v) is 7.34. The third-order valence-corrected chi connectivity index (χ3v) is 5.26. The predicted octanol–water partition coefficient (Wildman–Crippen LogP) is 4.96. The monoisotopic (exact) mass is 407 g/mol. The van der Waals surface area contributed by atoms with Crippen LogP contribution in [0.4, 0.5) is 26.3 Å². The molecule has 0 aromatic heterocycles. The van der Waals surface area contributed by atoms with Gasteiger partial charge in [-0.2, -0.15) is 0 Å². The number of carbonyl (C=O) groups excluding carboxylic acids is 1. The van der Waals surface area contributed by atoms with Gasteiger partial charge in [-0.1, -0.05) is 19.9 Å². The van der Waals surface area contributed by atoms with Gasteiger partial charge >= 0.3 is 0 Å². The van der Waals surface area contributed by atoms with E-state index < -0.39 is 57.7 Å². The van der Waals surface area contributed by atoms with E-state index in [9.17, 15) is 31.1 Å². The minimum absolute atomic E-state index is 0.0928. The van der Waals surface area contributed by atoms with Crippen LogP contribution in [0.15, 0.2) is 29.2 Å². The Bertz CT molecular complexity index is 825. The first kappa shape index (κ1) is 21.1. The Morgan fingerprint density at radius 1 is 0.963 bits per heavy atom. The molecule has 0 bridgehead atoms. The first-order valence-electron chi connectivity index (χ1n) is 7.71. The maximum Gasteiger partial charge on any atom is 0.226 e. The summed E-state index contributed by atoms with van der Waals surface area (Å²) in [6.45, 7) is 2.40. The van der Waals surface area contributed by atoms with Crippen molar-refractivity contribution >= 4 is 17.7 Å². The molecule has 2 aromatic rings. The van der Waals surface area contributed by atoms with E-state index >= 15 is 0 Å². The summed E-state index contributed by atoms with van der Waals surface area (Å²) < 4.78 is 81.0. The van der Waals surface area contributed by atoms with Gasteiger partial charge in [0, 0.05) is 23.9 Å². The fourth-order valence-electron chi connectivity index (χ4n) is 2.11. The lowest BCUT2D eigenvalue weighted by molar-refractivity contribution is -0.128. The highest BCUT2D eigenvalue weighted by Gasteiger charge is 2.30. The van der Waals surface area contributed by atoms with E-state index in [1.165, 1.54) is 19.9 Å². The van der Waals surface area contributed by atoms with E-state index in [0.717, 1.165) is 12.1 Å². The average molecular weight is 407 g/mol. The Kier molecular flexibility index (Phi) is 6.46. The number of hydrogen-bond acceptors (Lipinski definition) is 2. The van der Waals surface area contributed by atoms with Crippen molar-refractivity contribution in [3.05, 3.63) is 64.7 Å². The van der Waals surface area contributed by atoms with Crippen molar-refractivity contribution in [2.24, 2.45) is 5.41 Å². The van der Waals surface area contributed by atoms with Crippen molar-refractivity contribution in [3.63, 3.8) is 0 Å². The Morgan fingerprint density at radius 2 is 1.48 bits per heavy atom. The van der Waals surface area contributed by atoms with Crippen molar-refractivity contribution in [2.45, 2.75) is 25.3 Å². The zero-order valence-corrected chi connectivity index (χ0v) is 15.1. The molecule has 0 spiro atoms. The zero-order valence-electron chi connectivity index (χ0n) is 14.3. The molecule has 0 saturated carbocycles. The van der Waals surface area contributed by atoms with E-state index in [1.807, 2.05) is 0 Å². The number of hydrogen-bond donors (Lipinski definition) is 1. The topological polar surface area (TPSA) is 29.1 Å². The molecular formula is C18H15F6NOS. The molecular weight excluding hydrogens is 392 g/mol. The van der Waals surface area contributed by atoms with Crippen LogP contribution in [0.25, 0.3) is 0 Å². The number of benzene rings is 2. The first-order valence-corrected chi connectivity index (χ1v) is 8.70. The summed E-state index contributed by atoms with van der Waals surface area (Å²) in [6, 6.07) is 3.35. The fraction of sp³-hybridized carbons (Fsp3) is 0.278. The molecule has 0 aliphatic carbocycles. The highest BCUT2D eigenvalue weighted by atomic mass is 32.2. The number of carbonyl (C=O) groups is 1. The molecule has 1 N–H and O–H groups in total. The van der Waals surface area contributed by atoms with Crippen molar-refractivity contribution in [1.82, 2.24) is 5.32 Å². The zero-order chi connectivity index (χ0) is 20.4. The summed E-state index contributed by atoms with van der Waals surface area (Å²) in [5, 5.41) is 2.34. The van der Waals surface area contributed by atoms with Gasteiger partial charge in [-0.3, -0.25) is 4.79 Å². The summed E-state index contributed by atoms with van der Waals surface area (Å²) in [5.41, 5.74) is -1.59. The van der Waals surface area contributed by atoms with Crippen LogP contribution in [0.5, 0.6) is 0 Å². The molecule has 1 amide bonds. The van der Waals surface area contributed by atoms with E-state index in [0.29, 0.717) is 11.8 Å². The van der Waals surface area contributed by atoms with Crippen LogP contribution in [0, 0.1) is 40.3 Å². The largest absolute Gasteiger partial charge is 0.351 e. The van der Waals surface area contributed by atoms with Crippen molar-refractivity contribution < 1.29 is 31.1 Å². The van der Waals surface area contributed by atoms with E-state index in [1.54, 1.807) is 0 Å². The Labute approximate surface area is 156 Å². The molecule has 2 rings (SSSR count). The third-order valence-electron chi connectivity index (χ3n) is 3.75. The van der Waals surface area contributed by atoms with Gasteiger partial charge in [0.05, 0.1) is 10.3 Å². The van der Waals surface area contributed by atoms with Crippen molar-refractivity contribution in [1.29, 1.82) is 0 Å². The minimum Gasteiger partial charge on any atom is -0.351 e.